The average molecular weight is 89.2 g/mol. The van der Waals surface area contributed by atoms with Crippen LogP contribution in [0.4, 0.5) is 0 Å². The number of hydrogen-bond donors (Lipinski definition) is 2. The maximum atomic E-state index is 6.89. The second-order valence-electron chi connectivity index (χ2n) is 1.32. The van der Waals surface area contributed by atoms with Gasteiger partial charge in [-0.25, -0.2) is 0 Å². The second-order valence-corrected chi connectivity index (χ2v) is 1.32. The molecule has 0 bridgehead atoms. The summed E-state index contributed by atoms with van der Waals surface area (Å²) >= 11 is 0. The van der Waals surface area contributed by atoms with Crippen molar-refractivity contribution in [2.45, 2.75) is 25.9 Å². The molecule has 0 spiro atoms. The summed E-state index contributed by atoms with van der Waals surface area (Å²) in [6.07, 6.45) is 0.234. The number of nitrogens with two attached hydrogens (primary N) is 2. The van der Waals surface area contributed by atoms with Crippen LogP contribution in [0.1, 0.15) is 21.1 Å². The van der Waals surface area contributed by atoms with E-state index in [2.05, 4.69) is 0 Å². The molecule has 0 rings (SSSR count). The molecule has 0 saturated heterocycles. The first-order chi connectivity index (χ1) is 3.06. The van der Waals surface area contributed by atoms with Crippen molar-refractivity contribution in [2.75, 3.05) is 0 Å². The molecule has 0 aromatic heterocycles. The van der Waals surface area contributed by atoms with Gasteiger partial charge in [0.05, 0.1) is 7.51 Å². The maximum absolute atomic E-state index is 6.89. The Bertz CT molecular complexity index is 48.1. The monoisotopic (exact) mass is 89.1 g/mol. The van der Waals surface area contributed by atoms with Crippen molar-refractivity contribution in [3.05, 3.63) is 0 Å². The topological polar surface area (TPSA) is 52.0 Å². The van der Waals surface area contributed by atoms with Crippen molar-refractivity contribution in [3.63, 3.8) is 0 Å². The molecule has 0 heterocycles. The van der Waals surface area contributed by atoms with E-state index < -0.39 is 6.14 Å². The van der Waals surface area contributed by atoms with Crippen molar-refractivity contribution in [2.24, 2.45) is 11.5 Å². The molecule has 0 radical (unpaired) electrons. The summed E-state index contributed by atoms with van der Waals surface area (Å²) in [4.78, 5) is 0. The highest BCUT2D eigenvalue weighted by Crippen LogP contribution is 1.82. The zero-order chi connectivity index (χ0) is 5.91. The van der Waals surface area contributed by atoms with E-state index in [1.54, 1.807) is 0 Å². The van der Waals surface area contributed by atoms with Gasteiger partial charge in [0.25, 0.3) is 0 Å². The van der Waals surface area contributed by atoms with E-state index >= 15 is 0 Å². The van der Waals surface area contributed by atoms with Crippen LogP contribution in [-0.4, -0.2) is 6.14 Å². The SMILES string of the molecule is [2H]C(N)(N)CCC. The minimum Gasteiger partial charge on any atom is -0.316 e. The van der Waals surface area contributed by atoms with Gasteiger partial charge in [-0.3, -0.25) is 0 Å². The molecule has 6 heavy (non-hydrogen) atoms. The fourth-order valence-corrected chi connectivity index (χ4v) is 0.289. The van der Waals surface area contributed by atoms with Gasteiger partial charge >= 0.3 is 0 Å². The Morgan fingerprint density at radius 3 is 2.33 bits per heavy atom. The highest BCUT2D eigenvalue weighted by molar-refractivity contribution is 4.45. The molecule has 0 unspecified atom stereocenters. The lowest BCUT2D eigenvalue weighted by Crippen LogP contribution is -2.29. The van der Waals surface area contributed by atoms with Crippen molar-refractivity contribution in [3.8, 4) is 0 Å². The fraction of sp³-hybridized carbons (Fsp3) is 1.00. The van der Waals surface area contributed by atoms with Crippen molar-refractivity contribution < 1.29 is 1.37 Å². The Morgan fingerprint density at radius 2 is 2.33 bits per heavy atom. The van der Waals surface area contributed by atoms with E-state index in [9.17, 15) is 0 Å². The molecule has 0 saturated carbocycles. The van der Waals surface area contributed by atoms with Crippen molar-refractivity contribution in [1.29, 1.82) is 0 Å². The van der Waals surface area contributed by atoms with Gasteiger partial charge in [-0.2, -0.15) is 0 Å². The molecule has 0 aliphatic heterocycles. The molecule has 0 aromatic rings. The van der Waals surface area contributed by atoms with E-state index in [-0.39, 0.29) is 0 Å². The Hall–Kier alpha value is -0.0800. The Balaban J connectivity index is 3.15. The zero-order valence-electron chi connectivity index (χ0n) is 5.07. The third kappa shape index (κ3) is 3.92. The van der Waals surface area contributed by atoms with Gasteiger partial charge in [0.15, 0.2) is 0 Å². The van der Waals surface area contributed by atoms with Crippen LogP contribution in [0.5, 0.6) is 0 Å². The Morgan fingerprint density at radius 1 is 1.83 bits per heavy atom. The van der Waals surface area contributed by atoms with Crippen LogP contribution in [0.3, 0.4) is 0 Å². The molecule has 2 nitrogen and oxygen atoms in total. The highest BCUT2D eigenvalue weighted by atomic mass is 14.8. The largest absolute Gasteiger partial charge is 0.316 e. The predicted molar refractivity (Wildman–Crippen MR) is 27.1 cm³/mol. The first-order valence-electron chi connectivity index (χ1n) is 2.64. The van der Waals surface area contributed by atoms with Gasteiger partial charge in [-0.1, -0.05) is 13.3 Å². The molecule has 38 valence electrons. The molecular weight excluding hydrogens is 76.1 g/mol. The van der Waals surface area contributed by atoms with Gasteiger partial charge < -0.3 is 11.5 Å². The van der Waals surface area contributed by atoms with Crippen LogP contribution < -0.4 is 11.5 Å². The summed E-state index contributed by atoms with van der Waals surface area (Å²) in [5.41, 5.74) is 10.2. The van der Waals surface area contributed by atoms with E-state index in [1.807, 2.05) is 6.92 Å². The van der Waals surface area contributed by atoms with E-state index in [4.69, 9.17) is 12.8 Å². The molecule has 0 atom stereocenters. The molecule has 2 heteroatoms. The first-order valence-corrected chi connectivity index (χ1v) is 2.14. The van der Waals surface area contributed by atoms with E-state index in [0.717, 1.165) is 6.42 Å². The number of rotatable bonds is 2. The lowest BCUT2D eigenvalue weighted by Gasteiger charge is -1.97. The van der Waals surface area contributed by atoms with Crippen LogP contribution >= 0.6 is 0 Å². The summed E-state index contributed by atoms with van der Waals surface area (Å²) in [5.74, 6) is 0. The summed E-state index contributed by atoms with van der Waals surface area (Å²) in [6.45, 7) is 1.95. The van der Waals surface area contributed by atoms with Gasteiger partial charge in [0, 0.05) is 0 Å². The van der Waals surface area contributed by atoms with Gasteiger partial charge in [-0.05, 0) is 6.42 Å². The van der Waals surface area contributed by atoms with Crippen molar-refractivity contribution >= 4 is 0 Å². The van der Waals surface area contributed by atoms with Crippen molar-refractivity contribution in [1.82, 2.24) is 0 Å². The summed E-state index contributed by atoms with van der Waals surface area (Å²) in [5, 5.41) is 0. The summed E-state index contributed by atoms with van der Waals surface area (Å²) in [7, 11) is 0. The quantitative estimate of drug-likeness (QED) is 0.469. The molecular formula is C4H12N2. The van der Waals surface area contributed by atoms with Crippen LogP contribution in [0.15, 0.2) is 0 Å². The normalized spacial score (nSPS) is 14.2. The summed E-state index contributed by atoms with van der Waals surface area (Å²) < 4.78 is 6.89. The molecule has 0 aliphatic rings. The van der Waals surface area contributed by atoms with Gasteiger partial charge in [0.2, 0.25) is 0 Å². The molecule has 0 aliphatic carbocycles. The van der Waals surface area contributed by atoms with E-state index in [1.165, 1.54) is 0 Å². The minimum atomic E-state index is -1.20. The first kappa shape index (κ1) is 4.09. The molecule has 0 amide bonds. The Labute approximate surface area is 39.9 Å². The summed E-state index contributed by atoms with van der Waals surface area (Å²) in [6, 6.07) is 0. The molecule has 4 N–H and O–H groups in total. The van der Waals surface area contributed by atoms with E-state index in [0.29, 0.717) is 6.42 Å². The Kier molecular flexibility index (Phi) is 2.13. The lowest BCUT2D eigenvalue weighted by molar-refractivity contribution is 0.627. The highest BCUT2D eigenvalue weighted by Gasteiger charge is 1.85. The third-order valence-electron chi connectivity index (χ3n) is 0.539. The smallest absolute Gasteiger partial charge is 0.0631 e. The number of hydrogen-bond acceptors (Lipinski definition) is 2. The van der Waals surface area contributed by atoms with Crippen LogP contribution in [0, 0.1) is 0 Å². The molecule has 0 fully saturated rings. The third-order valence-corrected chi connectivity index (χ3v) is 0.539. The molecule has 0 aromatic carbocycles. The van der Waals surface area contributed by atoms with Crippen LogP contribution in [-0.2, 0) is 0 Å². The average Bonchev–Trinajstić information content (AvgIpc) is 1.30. The standard InChI is InChI=1S/C4H12N2/c1-2-3-4(5)6/h4H,2-3,5-6H2,1H3/i4D. The van der Waals surface area contributed by atoms with Gasteiger partial charge in [0.1, 0.15) is 0 Å². The zero-order valence-corrected chi connectivity index (χ0v) is 4.07. The second kappa shape index (κ2) is 3.12. The van der Waals surface area contributed by atoms with Crippen LogP contribution in [0.2, 0.25) is 0 Å². The lowest BCUT2D eigenvalue weighted by atomic mass is 10.3. The predicted octanol–water partition coefficient (Wildman–Crippen LogP) is 0.0300. The maximum Gasteiger partial charge on any atom is 0.0631 e. The fourth-order valence-electron chi connectivity index (χ4n) is 0.289. The van der Waals surface area contributed by atoms with Gasteiger partial charge in [-0.15, -0.1) is 0 Å². The van der Waals surface area contributed by atoms with Crippen LogP contribution in [0.25, 0.3) is 0 Å². The minimum absolute atomic E-state index is 0.562.